The fourth-order valence-electron chi connectivity index (χ4n) is 3.14. The van der Waals surface area contributed by atoms with E-state index in [0.717, 1.165) is 24.6 Å². The molecule has 1 aromatic rings. The number of hydrogen-bond donors (Lipinski definition) is 2. The standard InChI is InChI=1S/C20H32N4O2.HI/c1-21-20(24(2)15-16-26-18-11-7-4-8-12-18)22-14-13-19(25)23-17-9-5-3-6-10-17;/h4,7-8,11-12,17H,3,5-6,9-10,13-16H2,1-2H3,(H,21,22)(H,23,25);1H. The van der Waals surface area contributed by atoms with Crippen LogP contribution in [0.5, 0.6) is 5.75 Å². The molecule has 0 radical (unpaired) electrons. The maximum absolute atomic E-state index is 12.1. The summed E-state index contributed by atoms with van der Waals surface area (Å²) in [6.45, 7) is 1.86. The molecule has 0 aromatic heterocycles. The quantitative estimate of drug-likeness (QED) is 0.336. The number of carbonyl (C=O) groups excluding carboxylic acids is 1. The van der Waals surface area contributed by atoms with Crippen LogP contribution in [0.2, 0.25) is 0 Å². The Morgan fingerprint density at radius 2 is 1.93 bits per heavy atom. The van der Waals surface area contributed by atoms with Gasteiger partial charge >= 0.3 is 0 Å². The summed E-state index contributed by atoms with van der Waals surface area (Å²) in [5, 5.41) is 6.39. The molecule has 6 nitrogen and oxygen atoms in total. The first-order valence-corrected chi connectivity index (χ1v) is 9.58. The number of carbonyl (C=O) groups is 1. The Balaban J connectivity index is 0.00000364. The van der Waals surface area contributed by atoms with Gasteiger partial charge in [-0.2, -0.15) is 0 Å². The number of aliphatic imine (C=N–C) groups is 1. The second-order valence-corrected chi connectivity index (χ2v) is 6.71. The highest BCUT2D eigenvalue weighted by molar-refractivity contribution is 14.0. The van der Waals surface area contributed by atoms with Crippen molar-refractivity contribution in [2.45, 2.75) is 44.6 Å². The molecule has 1 aliphatic rings. The summed E-state index contributed by atoms with van der Waals surface area (Å²) >= 11 is 0. The van der Waals surface area contributed by atoms with Crippen LogP contribution in [0.1, 0.15) is 38.5 Å². The van der Waals surface area contributed by atoms with Gasteiger partial charge in [0.05, 0.1) is 6.54 Å². The van der Waals surface area contributed by atoms with Gasteiger partial charge in [0.15, 0.2) is 5.96 Å². The predicted molar refractivity (Wildman–Crippen MR) is 121 cm³/mol. The lowest BCUT2D eigenvalue weighted by atomic mass is 9.95. The van der Waals surface area contributed by atoms with E-state index in [1.165, 1.54) is 19.3 Å². The minimum atomic E-state index is 0. The zero-order valence-electron chi connectivity index (χ0n) is 16.4. The minimum Gasteiger partial charge on any atom is -0.492 e. The fraction of sp³-hybridized carbons (Fsp3) is 0.600. The summed E-state index contributed by atoms with van der Waals surface area (Å²) in [6, 6.07) is 10.1. The number of amides is 1. The lowest BCUT2D eigenvalue weighted by Crippen LogP contribution is -2.43. The molecule has 1 fully saturated rings. The van der Waals surface area contributed by atoms with Crippen LogP contribution in [0.3, 0.4) is 0 Å². The van der Waals surface area contributed by atoms with Gasteiger partial charge in [0.25, 0.3) is 0 Å². The van der Waals surface area contributed by atoms with E-state index in [-0.39, 0.29) is 29.9 Å². The molecule has 0 spiro atoms. The third-order valence-corrected chi connectivity index (χ3v) is 4.62. The van der Waals surface area contributed by atoms with E-state index in [1.54, 1.807) is 7.05 Å². The van der Waals surface area contributed by atoms with Crippen molar-refractivity contribution < 1.29 is 9.53 Å². The van der Waals surface area contributed by atoms with E-state index in [1.807, 2.05) is 42.3 Å². The van der Waals surface area contributed by atoms with Crippen molar-refractivity contribution in [2.24, 2.45) is 4.99 Å². The van der Waals surface area contributed by atoms with Crippen molar-refractivity contribution in [3.63, 3.8) is 0 Å². The van der Waals surface area contributed by atoms with E-state index in [9.17, 15) is 4.79 Å². The number of para-hydroxylation sites is 1. The highest BCUT2D eigenvalue weighted by Gasteiger charge is 2.15. The highest BCUT2D eigenvalue weighted by atomic mass is 127. The predicted octanol–water partition coefficient (Wildman–Crippen LogP) is 3.03. The molecular weight excluding hydrogens is 455 g/mol. The van der Waals surface area contributed by atoms with Crippen molar-refractivity contribution in [1.29, 1.82) is 0 Å². The van der Waals surface area contributed by atoms with Gasteiger partial charge in [0, 0.05) is 33.1 Å². The maximum Gasteiger partial charge on any atom is 0.221 e. The van der Waals surface area contributed by atoms with Crippen LogP contribution < -0.4 is 15.4 Å². The number of nitrogens with one attached hydrogen (secondary N) is 2. The number of halogens is 1. The number of nitrogens with zero attached hydrogens (tertiary/aromatic N) is 2. The normalized spacial score (nSPS) is 14.8. The van der Waals surface area contributed by atoms with Crippen LogP contribution in [0.4, 0.5) is 0 Å². The Hall–Kier alpha value is -1.51. The molecule has 0 saturated heterocycles. The molecule has 0 bridgehead atoms. The lowest BCUT2D eigenvalue weighted by Gasteiger charge is -2.24. The first-order valence-electron chi connectivity index (χ1n) is 9.58. The zero-order valence-corrected chi connectivity index (χ0v) is 18.8. The second-order valence-electron chi connectivity index (χ2n) is 6.71. The molecule has 1 aliphatic carbocycles. The van der Waals surface area contributed by atoms with E-state index < -0.39 is 0 Å². The van der Waals surface area contributed by atoms with Gasteiger partial charge in [0.2, 0.25) is 5.91 Å². The van der Waals surface area contributed by atoms with E-state index in [0.29, 0.717) is 32.2 Å². The molecule has 0 aliphatic heterocycles. The molecule has 0 atom stereocenters. The maximum atomic E-state index is 12.1. The van der Waals surface area contributed by atoms with E-state index in [4.69, 9.17) is 4.74 Å². The van der Waals surface area contributed by atoms with Crippen LogP contribution >= 0.6 is 24.0 Å². The average molecular weight is 488 g/mol. The van der Waals surface area contributed by atoms with Gasteiger partial charge in [-0.15, -0.1) is 24.0 Å². The average Bonchev–Trinajstić information content (AvgIpc) is 2.67. The Morgan fingerprint density at radius 1 is 1.22 bits per heavy atom. The zero-order chi connectivity index (χ0) is 18.6. The third-order valence-electron chi connectivity index (χ3n) is 4.62. The number of likely N-dealkylation sites (N-methyl/N-ethyl adjacent to an activating group) is 1. The third kappa shape index (κ3) is 9.30. The summed E-state index contributed by atoms with van der Waals surface area (Å²) in [6.07, 6.45) is 6.45. The van der Waals surface area contributed by atoms with Crippen LogP contribution in [0.15, 0.2) is 35.3 Å². The van der Waals surface area contributed by atoms with Gasteiger partial charge in [-0.3, -0.25) is 9.79 Å². The van der Waals surface area contributed by atoms with Crippen LogP contribution in [0.25, 0.3) is 0 Å². The second kappa shape index (κ2) is 13.6. The van der Waals surface area contributed by atoms with Crippen molar-refractivity contribution in [2.75, 3.05) is 33.8 Å². The van der Waals surface area contributed by atoms with E-state index >= 15 is 0 Å². The largest absolute Gasteiger partial charge is 0.492 e. The smallest absolute Gasteiger partial charge is 0.221 e. The molecule has 7 heteroatoms. The monoisotopic (exact) mass is 488 g/mol. The number of rotatable bonds is 8. The number of hydrogen-bond acceptors (Lipinski definition) is 3. The van der Waals surface area contributed by atoms with Crippen molar-refractivity contribution in [1.82, 2.24) is 15.5 Å². The molecule has 27 heavy (non-hydrogen) atoms. The molecular formula is C20H33IN4O2. The SMILES string of the molecule is CN=C(NCCC(=O)NC1CCCCC1)N(C)CCOc1ccccc1.I. The van der Waals surface area contributed by atoms with Crippen molar-refractivity contribution in [3.8, 4) is 5.75 Å². The number of benzene rings is 1. The molecule has 1 aromatic carbocycles. The Morgan fingerprint density at radius 3 is 2.59 bits per heavy atom. The molecule has 0 heterocycles. The fourth-order valence-corrected chi connectivity index (χ4v) is 3.14. The van der Waals surface area contributed by atoms with Crippen LogP contribution in [0, 0.1) is 0 Å². The van der Waals surface area contributed by atoms with Gasteiger partial charge in [0.1, 0.15) is 12.4 Å². The summed E-state index contributed by atoms with van der Waals surface area (Å²) in [7, 11) is 3.71. The molecule has 1 saturated carbocycles. The minimum absolute atomic E-state index is 0. The van der Waals surface area contributed by atoms with E-state index in [2.05, 4.69) is 15.6 Å². The van der Waals surface area contributed by atoms with Crippen molar-refractivity contribution in [3.05, 3.63) is 30.3 Å². The first kappa shape index (κ1) is 23.5. The molecule has 152 valence electrons. The molecule has 2 N–H and O–H groups in total. The molecule has 0 unspecified atom stereocenters. The topological polar surface area (TPSA) is 66.0 Å². The van der Waals surface area contributed by atoms with Crippen LogP contribution in [-0.2, 0) is 4.79 Å². The number of ether oxygens (including phenoxy) is 1. The lowest BCUT2D eigenvalue weighted by molar-refractivity contribution is -0.121. The van der Waals surface area contributed by atoms with Crippen molar-refractivity contribution >= 4 is 35.8 Å². The van der Waals surface area contributed by atoms with Gasteiger partial charge in [-0.1, -0.05) is 37.5 Å². The first-order chi connectivity index (χ1) is 12.7. The Kier molecular flexibility index (Phi) is 11.9. The highest BCUT2D eigenvalue weighted by Crippen LogP contribution is 2.17. The van der Waals surface area contributed by atoms with Gasteiger partial charge in [-0.25, -0.2) is 0 Å². The van der Waals surface area contributed by atoms with Gasteiger partial charge < -0.3 is 20.3 Å². The Bertz CT molecular complexity index is 562. The summed E-state index contributed by atoms with van der Waals surface area (Å²) in [4.78, 5) is 18.3. The molecule has 2 rings (SSSR count). The van der Waals surface area contributed by atoms with Crippen LogP contribution in [-0.4, -0.2) is 56.6 Å². The Labute approximate surface area is 180 Å². The summed E-state index contributed by atoms with van der Waals surface area (Å²) in [5.41, 5.74) is 0. The van der Waals surface area contributed by atoms with Gasteiger partial charge in [-0.05, 0) is 25.0 Å². The summed E-state index contributed by atoms with van der Waals surface area (Å²) < 4.78 is 5.71. The number of guanidine groups is 1. The summed E-state index contributed by atoms with van der Waals surface area (Å²) in [5.74, 6) is 1.75. The molecule has 1 amide bonds.